The maximum atomic E-state index is 15.6. The molecular formula is C72H104N14O20. The molecule has 0 aliphatic carbocycles. The number of aliphatic hydroxyl groups excluding tert-OH is 4. The third kappa shape index (κ3) is 15.1. The predicted octanol–water partition coefficient (Wildman–Crippen LogP) is -2.40. The lowest BCUT2D eigenvalue weighted by molar-refractivity contribution is -0.172. The van der Waals surface area contributed by atoms with E-state index in [2.05, 4.69) is 53.4 Å². The molecule has 0 saturated carbocycles. The van der Waals surface area contributed by atoms with Gasteiger partial charge in [0.15, 0.2) is 12.2 Å². The molecule has 10 rings (SSSR count). The van der Waals surface area contributed by atoms with E-state index in [1.54, 1.807) is 119 Å². The number of nitrogens with zero attached hydrogens (tertiary/aromatic N) is 4. The van der Waals surface area contributed by atoms with Crippen LogP contribution in [0.1, 0.15) is 147 Å². The number of esters is 2. The van der Waals surface area contributed by atoms with E-state index >= 15 is 19.2 Å². The van der Waals surface area contributed by atoms with Gasteiger partial charge >= 0.3 is 11.9 Å². The van der Waals surface area contributed by atoms with Crippen molar-refractivity contribution in [1.29, 1.82) is 0 Å². The smallest absolute Gasteiger partial charge is 0.329 e. The van der Waals surface area contributed by atoms with E-state index in [1.165, 1.54) is 13.8 Å². The number of ether oxygens (including phenoxy) is 2. The van der Waals surface area contributed by atoms with Gasteiger partial charge in [-0.25, -0.2) is 20.4 Å². The summed E-state index contributed by atoms with van der Waals surface area (Å²) < 4.78 is 11.9. The molecule has 0 bridgehead atoms. The highest BCUT2D eigenvalue weighted by molar-refractivity contribution is 6.01. The van der Waals surface area contributed by atoms with Crippen molar-refractivity contribution >= 4 is 82.4 Å². The minimum absolute atomic E-state index is 0.154. The number of anilines is 2. The number of cyclic esters (lactones) is 2. The third-order valence-corrected chi connectivity index (χ3v) is 22.1. The van der Waals surface area contributed by atoms with Gasteiger partial charge in [-0.15, -0.1) is 0 Å². The first-order valence-corrected chi connectivity index (χ1v) is 36.8. The molecular weight excluding hydrogens is 1380 g/mol. The Balaban J connectivity index is 1.00. The zero-order valence-corrected chi connectivity index (χ0v) is 62.2. The molecule has 6 fully saturated rings. The van der Waals surface area contributed by atoms with Gasteiger partial charge in [0, 0.05) is 61.3 Å². The molecule has 6 saturated heterocycles. The van der Waals surface area contributed by atoms with Crippen molar-refractivity contribution in [3.63, 3.8) is 0 Å². The Labute approximate surface area is 614 Å². The number of benzene rings is 2. The fraction of sp³-hybridized carbons (Fsp3) is 0.667. The van der Waals surface area contributed by atoms with Crippen molar-refractivity contribution in [2.45, 2.75) is 256 Å². The van der Waals surface area contributed by atoms with E-state index in [9.17, 15) is 69.0 Å². The number of carbonyl (C=O) groups excluding carboxylic acids is 12. The SMILES string of the molecule is CCC(C)C1NC(=O)C2CC(O)CNN2C(=O)C(C(C)C)OC(=O)C(C(C)C)NC(=O)C2CC3(O)c4ccc(-c5ccc6c(c5)C5(O)CC7C(=O)NC(C(C)C)C(=O)OC(C(C)C)C(=O)N8NCC(O)CC8C(=O)NC(C(C)CC)C(=O)NC(C(C)O)C(=O)N7C5N6)cc4NC3N2C(=O)C(C(C)O)NC1=O. The van der Waals surface area contributed by atoms with Gasteiger partial charge in [0.25, 0.3) is 11.8 Å². The van der Waals surface area contributed by atoms with E-state index in [1.807, 2.05) is 0 Å². The van der Waals surface area contributed by atoms with Crippen molar-refractivity contribution in [3.8, 4) is 11.1 Å². The van der Waals surface area contributed by atoms with Crippen molar-refractivity contribution in [2.75, 3.05) is 23.7 Å². The van der Waals surface area contributed by atoms with Crippen LogP contribution in [0.15, 0.2) is 36.4 Å². The highest BCUT2D eigenvalue weighted by atomic mass is 16.6. The first-order valence-electron chi connectivity index (χ1n) is 36.8. The second-order valence-electron chi connectivity index (χ2n) is 31.2. The van der Waals surface area contributed by atoms with Crippen LogP contribution in [0.25, 0.3) is 11.1 Å². The van der Waals surface area contributed by atoms with Crippen molar-refractivity contribution < 1.29 is 97.6 Å². The van der Waals surface area contributed by atoms with Crippen LogP contribution in [-0.4, -0.2) is 244 Å². The fourth-order valence-corrected chi connectivity index (χ4v) is 15.5. The predicted molar refractivity (Wildman–Crippen MR) is 376 cm³/mol. The van der Waals surface area contributed by atoms with Crippen LogP contribution >= 0.6 is 0 Å². The van der Waals surface area contributed by atoms with Crippen LogP contribution in [-0.2, 0) is 78.2 Å². The van der Waals surface area contributed by atoms with Gasteiger partial charge < -0.3 is 92.4 Å². The Morgan fingerprint density at radius 3 is 1.17 bits per heavy atom. The van der Waals surface area contributed by atoms with Gasteiger partial charge in [0.05, 0.1) is 24.4 Å². The molecule has 10 amide bonds. The molecule has 106 heavy (non-hydrogen) atoms. The number of β-amino-alcohol motifs (C(OH)–C–C–N with tert-alkyl or cyclic N) is 2. The van der Waals surface area contributed by atoms with Crippen molar-refractivity contribution in [1.82, 2.24) is 62.6 Å². The molecule has 0 spiro atoms. The molecule has 0 aromatic heterocycles. The molecule has 2 aromatic carbocycles. The van der Waals surface area contributed by atoms with Crippen LogP contribution in [0.4, 0.5) is 11.4 Å². The second kappa shape index (κ2) is 31.3. The van der Waals surface area contributed by atoms with E-state index in [-0.39, 0.29) is 61.3 Å². The molecule has 2 aromatic rings. The monoisotopic (exact) mass is 1480 g/mol. The fourth-order valence-electron chi connectivity index (χ4n) is 15.5. The largest absolute Gasteiger partial charge is 0.450 e. The lowest BCUT2D eigenvalue weighted by Gasteiger charge is -2.40. The molecule has 582 valence electrons. The number of nitrogens with one attached hydrogen (secondary N) is 10. The summed E-state index contributed by atoms with van der Waals surface area (Å²) in [5.74, 6) is -15.8. The number of rotatable bonds is 11. The molecule has 22 unspecified atom stereocenters. The first-order chi connectivity index (χ1) is 49.8. The Morgan fingerprint density at radius 2 is 0.783 bits per heavy atom. The van der Waals surface area contributed by atoms with Gasteiger partial charge in [-0.3, -0.25) is 58.0 Å². The molecule has 22 atom stereocenters. The summed E-state index contributed by atoms with van der Waals surface area (Å²) in [5, 5.41) is 95.5. The van der Waals surface area contributed by atoms with Crippen LogP contribution in [0.2, 0.25) is 0 Å². The summed E-state index contributed by atoms with van der Waals surface area (Å²) in [6.45, 7) is 21.7. The topological polar surface area (TPSA) is 478 Å². The highest BCUT2D eigenvalue weighted by Crippen LogP contribution is 2.53. The summed E-state index contributed by atoms with van der Waals surface area (Å²) >= 11 is 0. The average Bonchev–Trinajstić information content (AvgIpc) is 1.55. The first kappa shape index (κ1) is 79.9. The number of hydrogen-bond donors (Lipinski definition) is 16. The van der Waals surface area contributed by atoms with Crippen molar-refractivity contribution in [2.24, 2.45) is 35.5 Å². The zero-order chi connectivity index (χ0) is 77.9. The van der Waals surface area contributed by atoms with Gasteiger partial charge in [-0.2, -0.15) is 0 Å². The molecule has 34 heteroatoms. The Hall–Kier alpha value is -8.64. The number of carbonyl (C=O) groups is 12. The normalized spacial score (nSPS) is 34.2. The van der Waals surface area contributed by atoms with E-state index in [0.717, 1.165) is 19.8 Å². The van der Waals surface area contributed by atoms with Crippen molar-refractivity contribution in [3.05, 3.63) is 47.5 Å². The highest BCUT2D eigenvalue weighted by Gasteiger charge is 2.64. The number of fused-ring (bicyclic) bond motifs is 12. The number of hydrogen-bond acceptors (Lipinski definition) is 24. The van der Waals surface area contributed by atoms with Gasteiger partial charge in [0.2, 0.25) is 47.3 Å². The van der Waals surface area contributed by atoms with Gasteiger partial charge in [-0.05, 0) is 78.7 Å². The molecule has 8 heterocycles. The Kier molecular flexibility index (Phi) is 23.6. The quantitative estimate of drug-likeness (QED) is 0.104. The minimum atomic E-state index is -2.19. The summed E-state index contributed by atoms with van der Waals surface area (Å²) in [5.41, 5.74) is 2.84. The molecule has 16 N–H and O–H groups in total. The van der Waals surface area contributed by atoms with E-state index in [0.29, 0.717) is 11.1 Å². The lowest BCUT2D eigenvalue weighted by Crippen LogP contribution is -2.67. The summed E-state index contributed by atoms with van der Waals surface area (Å²) in [6.07, 6.45) is -13.0. The van der Waals surface area contributed by atoms with Gasteiger partial charge in [0.1, 0.15) is 84.0 Å². The van der Waals surface area contributed by atoms with E-state index in [4.69, 9.17) is 9.47 Å². The van der Waals surface area contributed by atoms with Crippen LogP contribution in [0.3, 0.4) is 0 Å². The molecule has 8 aliphatic rings. The van der Waals surface area contributed by atoms with Crippen LogP contribution in [0.5, 0.6) is 0 Å². The van der Waals surface area contributed by atoms with Crippen LogP contribution < -0.4 is 53.4 Å². The average molecular weight is 1490 g/mol. The summed E-state index contributed by atoms with van der Waals surface area (Å²) in [7, 11) is 0. The molecule has 8 aliphatic heterocycles. The maximum Gasteiger partial charge on any atom is 0.329 e. The minimum Gasteiger partial charge on any atom is -0.450 e. The Morgan fingerprint density at radius 1 is 0.425 bits per heavy atom. The third-order valence-electron chi connectivity index (χ3n) is 22.1. The lowest BCUT2D eigenvalue weighted by atomic mass is 9.87. The summed E-state index contributed by atoms with van der Waals surface area (Å²) in [4.78, 5) is 180. The van der Waals surface area contributed by atoms with Crippen LogP contribution in [0, 0.1) is 35.5 Å². The molecule has 0 radical (unpaired) electrons. The number of amides is 10. The zero-order valence-electron chi connectivity index (χ0n) is 62.2. The second-order valence-corrected chi connectivity index (χ2v) is 31.2. The van der Waals surface area contributed by atoms with E-state index < -0.39 is 240 Å². The van der Waals surface area contributed by atoms with Gasteiger partial charge in [-0.1, -0.05) is 114 Å². The number of aliphatic hydroxyl groups is 6. The standard InChI is InChI=1S/C72H104N14O20/c1-15-33(11)51-61(95)81-53(35(13)87)63(97)83-47(59(93)77-49(29(3)4)67(101)105-55(31(7)8)65(99)85-45(57(91)79-51)23-39(89)27-73-85)25-71(103)41-19-17-38(22-44(41)76-69(71)83)37-18-20-43-42(21-37)72(104)26-48-60(94)78-50(30(5)6)68(102)106-56(32(9)10)66(100)86-46(24-40(90)28-74-86)58(92)80-52(34(12)16-2)62(96)82-54(36(14)88)64(98)84(48)70(72)75-43/h17-22,29-36,39-40,45-56,69-70,73-76,87-90,103-104H,15-16,23-28H2,1-14H3,(H,77,93)(H,78,94)(H,79,91)(H,80,92)(H,81,95)(H,82,96). The molecule has 34 nitrogen and oxygen atoms in total. The number of hydrazine groups is 2. The summed E-state index contributed by atoms with van der Waals surface area (Å²) in [6, 6.07) is -6.20. The Bertz CT molecular complexity index is 3780. The maximum absolute atomic E-state index is 15.6.